The molecule has 0 heterocycles. The first-order valence-corrected chi connectivity index (χ1v) is 21.0. The number of rotatable bonds is 12. The summed E-state index contributed by atoms with van der Waals surface area (Å²) in [7, 11) is -7.67. The summed E-state index contributed by atoms with van der Waals surface area (Å²) in [4.78, 5) is 0. The molecule has 140 valence electrons. The van der Waals surface area contributed by atoms with Gasteiger partial charge in [0.1, 0.15) is 0 Å². The average Bonchev–Trinajstić information content (AvgIpc) is 2.20. The maximum Gasteiger partial charge on any atom is 0.315 e. The third kappa shape index (κ3) is 13.7. The Morgan fingerprint density at radius 2 is 1.17 bits per heavy atom. The van der Waals surface area contributed by atoms with E-state index in [1.165, 1.54) is 0 Å². The zero-order chi connectivity index (χ0) is 18.4. The Morgan fingerprint density at radius 1 is 0.652 bits per heavy atom. The van der Waals surface area contributed by atoms with Crippen LogP contribution in [0.5, 0.6) is 0 Å². The van der Waals surface area contributed by atoms with E-state index < -0.39 is 33.8 Å². The highest BCUT2D eigenvalue weighted by molar-refractivity contribution is 6.89. The molecule has 23 heavy (non-hydrogen) atoms. The first-order chi connectivity index (χ1) is 10.2. The second-order valence-electron chi connectivity index (χ2n) is 8.78. The molecule has 0 aromatic rings. The monoisotopic (exact) mass is 396 g/mol. The summed E-state index contributed by atoms with van der Waals surface area (Å²) >= 11 is 0. The fraction of sp³-hybridized carbons (Fsp3) is 1.00. The van der Waals surface area contributed by atoms with Crippen molar-refractivity contribution in [3.05, 3.63) is 0 Å². The highest BCUT2D eigenvalue weighted by atomic mass is 28.5. The zero-order valence-corrected chi connectivity index (χ0v) is 21.2. The lowest BCUT2D eigenvalue weighted by atomic mass is 10.5. The molecule has 0 aromatic carbocycles. The van der Waals surface area contributed by atoms with Crippen molar-refractivity contribution in [2.24, 2.45) is 0 Å². The minimum atomic E-state index is -2.24. The molecule has 0 amide bonds. The molecule has 8 heteroatoms. The van der Waals surface area contributed by atoms with Crippen molar-refractivity contribution in [2.75, 3.05) is 13.2 Å². The Kier molecular flexibility index (Phi) is 9.71. The molecule has 0 rings (SSSR count). The molecular formula is C15H40O4Si4. The van der Waals surface area contributed by atoms with Gasteiger partial charge in [0.15, 0.2) is 16.6 Å². The first kappa shape index (κ1) is 23.7. The van der Waals surface area contributed by atoms with Crippen molar-refractivity contribution in [3.8, 4) is 0 Å². The molecule has 0 fully saturated rings. The predicted molar refractivity (Wildman–Crippen MR) is 110 cm³/mol. The van der Waals surface area contributed by atoms with E-state index in [0.29, 0.717) is 0 Å². The minimum Gasteiger partial charge on any atom is -0.437 e. The van der Waals surface area contributed by atoms with Crippen molar-refractivity contribution in [2.45, 2.75) is 84.7 Å². The van der Waals surface area contributed by atoms with E-state index in [4.69, 9.17) is 17.1 Å². The van der Waals surface area contributed by atoms with Gasteiger partial charge in [0.05, 0.1) is 0 Å². The van der Waals surface area contributed by atoms with Gasteiger partial charge in [0.25, 0.3) is 0 Å². The zero-order valence-electron chi connectivity index (χ0n) is 17.2. The van der Waals surface area contributed by atoms with Crippen molar-refractivity contribution >= 4 is 33.8 Å². The molecule has 4 nitrogen and oxygen atoms in total. The van der Waals surface area contributed by atoms with Gasteiger partial charge in [-0.25, -0.2) is 0 Å². The molecule has 1 atom stereocenters. The molecular weight excluding hydrogens is 357 g/mol. The molecule has 0 unspecified atom stereocenters. The lowest BCUT2D eigenvalue weighted by Crippen LogP contribution is -2.56. The van der Waals surface area contributed by atoms with Gasteiger partial charge < -0.3 is 17.1 Å². The Morgan fingerprint density at radius 3 is 1.61 bits per heavy atom. The van der Waals surface area contributed by atoms with E-state index in [1.54, 1.807) is 0 Å². The van der Waals surface area contributed by atoms with E-state index in [9.17, 15) is 0 Å². The van der Waals surface area contributed by atoms with Crippen LogP contribution >= 0.6 is 0 Å². The summed E-state index contributed by atoms with van der Waals surface area (Å²) in [5.41, 5.74) is 0. The second kappa shape index (κ2) is 9.42. The standard InChI is InChI=1S/C15H40O4Si4/c1-11-13-16-14-12-15-23(10,18-21(5,6)7)19-22(8,9)17-20(2,3)4/h11-15H2,1-10H3/t23-/m0/s1. The van der Waals surface area contributed by atoms with E-state index in [2.05, 4.69) is 65.8 Å². The molecule has 0 N–H and O–H groups in total. The largest absolute Gasteiger partial charge is 0.437 e. The topological polar surface area (TPSA) is 36.9 Å². The van der Waals surface area contributed by atoms with Crippen LogP contribution in [0.2, 0.25) is 65.0 Å². The normalized spacial score (nSPS) is 16.4. The van der Waals surface area contributed by atoms with Gasteiger partial charge in [0, 0.05) is 13.2 Å². The fourth-order valence-corrected chi connectivity index (χ4v) is 20.7. The smallest absolute Gasteiger partial charge is 0.315 e. The van der Waals surface area contributed by atoms with Crippen molar-refractivity contribution in [3.63, 3.8) is 0 Å². The van der Waals surface area contributed by atoms with Gasteiger partial charge in [-0.3, -0.25) is 0 Å². The van der Waals surface area contributed by atoms with E-state index >= 15 is 0 Å². The predicted octanol–water partition coefficient (Wildman–Crippen LogP) is 5.30. The van der Waals surface area contributed by atoms with Crippen LogP contribution in [-0.2, 0) is 17.1 Å². The van der Waals surface area contributed by atoms with Gasteiger partial charge in [-0.1, -0.05) is 6.92 Å². The molecule has 0 spiro atoms. The third-order valence-corrected chi connectivity index (χ3v) is 16.4. The molecule has 0 aliphatic heterocycles. The third-order valence-electron chi connectivity index (χ3n) is 2.80. The van der Waals surface area contributed by atoms with Crippen LogP contribution in [0, 0.1) is 0 Å². The minimum absolute atomic E-state index is 0.797. The van der Waals surface area contributed by atoms with Gasteiger partial charge >= 0.3 is 17.1 Å². The van der Waals surface area contributed by atoms with Gasteiger partial charge in [-0.2, -0.15) is 0 Å². The molecule has 0 saturated heterocycles. The van der Waals surface area contributed by atoms with Crippen LogP contribution in [0.25, 0.3) is 0 Å². The van der Waals surface area contributed by atoms with E-state index in [0.717, 1.165) is 32.1 Å². The van der Waals surface area contributed by atoms with Crippen LogP contribution in [0.1, 0.15) is 19.8 Å². The number of ether oxygens (including phenoxy) is 1. The van der Waals surface area contributed by atoms with Crippen molar-refractivity contribution in [1.29, 1.82) is 0 Å². The maximum absolute atomic E-state index is 6.63. The van der Waals surface area contributed by atoms with Gasteiger partial charge in [-0.15, -0.1) is 0 Å². The second-order valence-corrected chi connectivity index (χ2v) is 25.2. The van der Waals surface area contributed by atoms with Crippen LogP contribution in [0.3, 0.4) is 0 Å². The number of hydrogen-bond acceptors (Lipinski definition) is 4. The highest BCUT2D eigenvalue weighted by Crippen LogP contribution is 2.27. The van der Waals surface area contributed by atoms with Crippen molar-refractivity contribution in [1.82, 2.24) is 0 Å². The van der Waals surface area contributed by atoms with Gasteiger partial charge in [0.2, 0.25) is 0 Å². The SMILES string of the molecule is CCCOCCC[Si@@](C)(O[Si](C)(C)C)O[Si](C)(C)O[Si](C)(C)C. The Hall–Kier alpha value is 0.708. The van der Waals surface area contributed by atoms with Gasteiger partial charge in [-0.05, 0) is 77.8 Å². The van der Waals surface area contributed by atoms with Crippen LogP contribution in [0.4, 0.5) is 0 Å². The molecule has 0 radical (unpaired) electrons. The molecule has 0 aliphatic carbocycles. The summed E-state index contributed by atoms with van der Waals surface area (Å²) in [6.07, 6.45) is 2.07. The van der Waals surface area contributed by atoms with Crippen LogP contribution in [-0.4, -0.2) is 47.0 Å². The fourth-order valence-electron chi connectivity index (χ4n) is 2.79. The lowest BCUT2D eigenvalue weighted by Gasteiger charge is -2.41. The van der Waals surface area contributed by atoms with Crippen LogP contribution in [0.15, 0.2) is 0 Å². The van der Waals surface area contributed by atoms with Crippen LogP contribution < -0.4 is 0 Å². The molecule has 0 saturated carbocycles. The quantitative estimate of drug-likeness (QED) is 0.331. The highest BCUT2D eigenvalue weighted by Gasteiger charge is 2.44. The molecule has 0 aliphatic rings. The summed E-state index contributed by atoms with van der Waals surface area (Å²) in [6.45, 7) is 23.7. The Balaban J connectivity index is 4.84. The first-order valence-electron chi connectivity index (χ1n) is 8.86. The Bertz CT molecular complexity index is 339. The molecule has 0 aromatic heterocycles. The summed E-state index contributed by atoms with van der Waals surface area (Å²) in [6, 6.07) is 0.979. The van der Waals surface area contributed by atoms with Crippen molar-refractivity contribution < 1.29 is 17.1 Å². The van der Waals surface area contributed by atoms with E-state index in [-0.39, 0.29) is 0 Å². The summed E-state index contributed by atoms with van der Waals surface area (Å²) in [5.74, 6) is 0. The Labute approximate surface area is 149 Å². The summed E-state index contributed by atoms with van der Waals surface area (Å²) in [5, 5.41) is 0. The average molecular weight is 397 g/mol. The lowest BCUT2D eigenvalue weighted by molar-refractivity contribution is 0.133. The summed E-state index contributed by atoms with van der Waals surface area (Å²) < 4.78 is 25.2. The van der Waals surface area contributed by atoms with E-state index in [1.807, 2.05) is 0 Å². The number of hydrogen-bond donors (Lipinski definition) is 0. The maximum atomic E-state index is 6.63. The molecule has 0 bridgehead atoms.